The fourth-order valence-corrected chi connectivity index (χ4v) is 7.43. The zero-order chi connectivity index (χ0) is 19.4. The largest absolute Gasteiger partial charge is 0.454 e. The van der Waals surface area contributed by atoms with Crippen LogP contribution in [0, 0.1) is 5.41 Å². The van der Waals surface area contributed by atoms with Crippen LogP contribution in [0.4, 0.5) is 5.69 Å². The Bertz CT molecular complexity index is 920. The molecule has 9 heteroatoms. The average molecular weight is 411 g/mol. The first-order chi connectivity index (χ1) is 12.6. The summed E-state index contributed by atoms with van der Waals surface area (Å²) < 4.78 is 35.1. The molecule has 2 saturated heterocycles. The van der Waals surface area contributed by atoms with E-state index in [-0.39, 0.29) is 40.9 Å². The maximum Gasteiger partial charge on any atom is 0.248 e. The van der Waals surface area contributed by atoms with Gasteiger partial charge in [0.05, 0.1) is 17.5 Å². The van der Waals surface area contributed by atoms with Crippen molar-refractivity contribution in [1.82, 2.24) is 0 Å². The molecule has 4 rings (SSSR count). The monoisotopic (exact) mass is 410 g/mol. The predicted molar refractivity (Wildman–Crippen MR) is 105 cm³/mol. The summed E-state index contributed by atoms with van der Waals surface area (Å²) in [6.07, 6.45) is 0.333. The van der Waals surface area contributed by atoms with E-state index in [1.807, 2.05) is 37.8 Å². The maximum atomic E-state index is 12.4. The molecule has 2 atom stereocenters. The normalized spacial score (nSPS) is 27.2. The first-order valence-corrected chi connectivity index (χ1v) is 11.5. The van der Waals surface area contributed by atoms with Gasteiger partial charge in [-0.2, -0.15) is 4.99 Å². The Kier molecular flexibility index (Phi) is 4.42. The number of carbonyl (C=O) groups is 1. The number of aliphatic imine (C=N–C) groups is 1. The Labute approximate surface area is 163 Å². The van der Waals surface area contributed by atoms with E-state index in [0.29, 0.717) is 23.1 Å². The van der Waals surface area contributed by atoms with Gasteiger partial charge in [-0.3, -0.25) is 4.79 Å². The summed E-state index contributed by atoms with van der Waals surface area (Å²) in [5.74, 6) is 1.24. The molecular formula is C18H22N2O5S2. The molecule has 0 unspecified atom stereocenters. The summed E-state index contributed by atoms with van der Waals surface area (Å²) in [4.78, 5) is 18.7. The van der Waals surface area contributed by atoms with Crippen molar-refractivity contribution in [1.29, 1.82) is 0 Å². The number of nitrogens with zero attached hydrogens (tertiary/aromatic N) is 2. The molecule has 2 fully saturated rings. The van der Waals surface area contributed by atoms with Gasteiger partial charge < -0.3 is 14.4 Å². The molecule has 0 aliphatic carbocycles. The lowest BCUT2D eigenvalue weighted by molar-refractivity contribution is -0.119. The van der Waals surface area contributed by atoms with E-state index < -0.39 is 9.84 Å². The third kappa shape index (κ3) is 3.80. The van der Waals surface area contributed by atoms with Crippen LogP contribution in [0.1, 0.15) is 27.2 Å². The van der Waals surface area contributed by atoms with Crippen molar-refractivity contribution in [2.75, 3.05) is 23.2 Å². The minimum absolute atomic E-state index is 0.0611. The number of anilines is 1. The van der Waals surface area contributed by atoms with Crippen molar-refractivity contribution in [3.8, 4) is 11.5 Å². The molecule has 27 heavy (non-hydrogen) atoms. The van der Waals surface area contributed by atoms with Crippen LogP contribution in [-0.2, 0) is 14.6 Å². The van der Waals surface area contributed by atoms with E-state index in [1.165, 1.54) is 11.8 Å². The molecule has 3 aliphatic rings. The highest BCUT2D eigenvalue weighted by molar-refractivity contribution is 8.16. The first-order valence-electron chi connectivity index (χ1n) is 8.79. The molecule has 3 heterocycles. The topological polar surface area (TPSA) is 85.3 Å². The van der Waals surface area contributed by atoms with Crippen molar-refractivity contribution in [2.45, 2.75) is 38.5 Å². The molecule has 1 aromatic rings. The summed E-state index contributed by atoms with van der Waals surface area (Å²) in [5.41, 5.74) is 0.603. The van der Waals surface area contributed by atoms with Gasteiger partial charge in [-0.1, -0.05) is 32.5 Å². The van der Waals surface area contributed by atoms with Crippen LogP contribution in [0.15, 0.2) is 23.2 Å². The van der Waals surface area contributed by atoms with Crippen LogP contribution in [0.3, 0.4) is 0 Å². The average Bonchev–Trinajstić information content (AvgIpc) is 3.16. The zero-order valence-corrected chi connectivity index (χ0v) is 17.1. The van der Waals surface area contributed by atoms with Gasteiger partial charge in [0.15, 0.2) is 26.5 Å². The van der Waals surface area contributed by atoms with Gasteiger partial charge in [0.1, 0.15) is 0 Å². The summed E-state index contributed by atoms with van der Waals surface area (Å²) in [6, 6.07) is 5.24. The SMILES string of the molecule is CC(C)(C)CC(=O)N=C1S[C@H]2CS(=O)(=O)C[C@@H]2N1c1ccc2c(c1)OCO2. The van der Waals surface area contributed by atoms with Crippen LogP contribution in [0.5, 0.6) is 11.5 Å². The Morgan fingerprint density at radius 1 is 1.26 bits per heavy atom. The Morgan fingerprint density at radius 2 is 2.00 bits per heavy atom. The van der Waals surface area contributed by atoms with Gasteiger partial charge in [0.2, 0.25) is 12.7 Å². The molecular weight excluding hydrogens is 388 g/mol. The lowest BCUT2D eigenvalue weighted by Crippen LogP contribution is -2.37. The highest BCUT2D eigenvalue weighted by Gasteiger charge is 2.49. The molecule has 3 aliphatic heterocycles. The number of thioether (sulfide) groups is 1. The Morgan fingerprint density at radius 3 is 2.74 bits per heavy atom. The molecule has 1 amide bonds. The van der Waals surface area contributed by atoms with Gasteiger partial charge in [-0.25, -0.2) is 8.42 Å². The number of rotatable bonds is 2. The van der Waals surface area contributed by atoms with Gasteiger partial charge in [0, 0.05) is 23.4 Å². The number of sulfone groups is 1. The zero-order valence-electron chi connectivity index (χ0n) is 15.5. The van der Waals surface area contributed by atoms with Gasteiger partial charge >= 0.3 is 0 Å². The van der Waals surface area contributed by atoms with Gasteiger partial charge in [-0.05, 0) is 17.5 Å². The maximum absolute atomic E-state index is 12.4. The second kappa shape index (κ2) is 6.41. The molecule has 1 aromatic carbocycles. The lowest BCUT2D eigenvalue weighted by atomic mass is 9.92. The Balaban J connectivity index is 1.70. The molecule has 0 bridgehead atoms. The number of amides is 1. The van der Waals surface area contributed by atoms with Crippen molar-refractivity contribution in [2.24, 2.45) is 10.4 Å². The quantitative estimate of drug-likeness (QED) is 0.740. The van der Waals surface area contributed by atoms with Crippen LogP contribution in [0.2, 0.25) is 0 Å². The molecule has 0 spiro atoms. The molecule has 7 nitrogen and oxygen atoms in total. The van der Waals surface area contributed by atoms with E-state index in [0.717, 1.165) is 5.69 Å². The van der Waals surface area contributed by atoms with Gasteiger partial charge in [0.25, 0.3) is 0 Å². The second-order valence-electron chi connectivity index (χ2n) is 8.23. The van der Waals surface area contributed by atoms with E-state index in [1.54, 1.807) is 6.07 Å². The van der Waals surface area contributed by atoms with E-state index in [9.17, 15) is 13.2 Å². The van der Waals surface area contributed by atoms with Crippen LogP contribution in [-0.4, -0.2) is 49.1 Å². The third-order valence-corrected chi connectivity index (χ3v) is 7.81. The number of fused-ring (bicyclic) bond motifs is 2. The number of ether oxygens (including phenoxy) is 2. The molecule has 146 valence electrons. The fourth-order valence-electron chi connectivity index (χ4n) is 3.50. The van der Waals surface area contributed by atoms with Gasteiger partial charge in [-0.15, -0.1) is 0 Å². The fraction of sp³-hybridized carbons (Fsp3) is 0.556. The van der Waals surface area contributed by atoms with Crippen molar-refractivity contribution in [3.05, 3.63) is 18.2 Å². The van der Waals surface area contributed by atoms with Crippen molar-refractivity contribution >= 4 is 38.4 Å². The van der Waals surface area contributed by atoms with E-state index in [2.05, 4.69) is 4.99 Å². The third-order valence-electron chi connectivity index (χ3n) is 4.60. The second-order valence-corrected chi connectivity index (χ2v) is 11.6. The number of benzene rings is 1. The summed E-state index contributed by atoms with van der Waals surface area (Å²) in [7, 11) is -3.10. The molecule has 0 N–H and O–H groups in total. The smallest absolute Gasteiger partial charge is 0.248 e. The lowest BCUT2D eigenvalue weighted by Gasteiger charge is -2.25. The van der Waals surface area contributed by atoms with Crippen LogP contribution >= 0.6 is 11.8 Å². The van der Waals surface area contributed by atoms with E-state index >= 15 is 0 Å². The van der Waals surface area contributed by atoms with Crippen LogP contribution < -0.4 is 14.4 Å². The standard InChI is InChI=1S/C18H22N2O5S2/c1-18(2,3)7-16(21)19-17-20(12-8-27(22,23)9-15(12)26-17)11-4-5-13-14(6-11)25-10-24-13/h4-6,12,15H,7-10H2,1-3H3/t12-,15-/m0/s1. The summed E-state index contributed by atoms with van der Waals surface area (Å²) >= 11 is 1.38. The first kappa shape index (κ1) is 18.6. The number of amidine groups is 1. The number of hydrogen-bond acceptors (Lipinski definition) is 6. The molecule has 0 saturated carbocycles. The van der Waals surface area contributed by atoms with Crippen molar-refractivity contribution < 1.29 is 22.7 Å². The van der Waals surface area contributed by atoms with Crippen molar-refractivity contribution in [3.63, 3.8) is 0 Å². The van der Waals surface area contributed by atoms with Crippen LogP contribution in [0.25, 0.3) is 0 Å². The predicted octanol–water partition coefficient (Wildman–Crippen LogP) is 2.45. The number of carbonyl (C=O) groups excluding carboxylic acids is 1. The summed E-state index contributed by atoms with van der Waals surface area (Å²) in [6.45, 7) is 6.14. The number of hydrogen-bond donors (Lipinski definition) is 0. The Hall–Kier alpha value is -1.74. The van der Waals surface area contributed by atoms with E-state index in [4.69, 9.17) is 9.47 Å². The minimum Gasteiger partial charge on any atom is -0.454 e. The molecule has 0 radical (unpaired) electrons. The molecule has 0 aromatic heterocycles. The summed E-state index contributed by atoms with van der Waals surface area (Å²) in [5, 5.41) is 0.439. The highest BCUT2D eigenvalue weighted by Crippen LogP contribution is 2.44. The minimum atomic E-state index is -3.10. The highest BCUT2D eigenvalue weighted by atomic mass is 32.2.